The minimum absolute atomic E-state index is 0.106. The Balaban J connectivity index is 5.21. The van der Waals surface area contributed by atoms with E-state index in [1.54, 1.807) is 0 Å². The van der Waals surface area contributed by atoms with Crippen LogP contribution in [0.2, 0.25) is 0 Å². The van der Waals surface area contributed by atoms with Crippen molar-refractivity contribution >= 4 is 39.5 Å². The lowest BCUT2D eigenvalue weighted by Gasteiger charge is -2.21. The zero-order valence-corrected chi connectivity index (χ0v) is 67.3. The summed E-state index contributed by atoms with van der Waals surface area (Å²) < 4.78 is 68.7. The number of carbonyl (C=O) groups is 4. The smallest absolute Gasteiger partial charge is 0.462 e. The first-order valence-corrected chi connectivity index (χ1v) is 45.0. The molecule has 0 radical (unpaired) electrons. The molecule has 2 unspecified atom stereocenters. The molecule has 0 saturated heterocycles. The van der Waals surface area contributed by atoms with Crippen LogP contribution in [-0.2, 0) is 65.4 Å². The summed E-state index contributed by atoms with van der Waals surface area (Å²) in [4.78, 5) is 73.0. The first-order chi connectivity index (χ1) is 48.4. The van der Waals surface area contributed by atoms with Crippen molar-refractivity contribution in [3.05, 3.63) is 0 Å². The minimum atomic E-state index is -4.96. The van der Waals surface area contributed by atoms with Gasteiger partial charge in [0.2, 0.25) is 0 Å². The zero-order chi connectivity index (χ0) is 73.5. The first-order valence-electron chi connectivity index (χ1n) is 42.0. The van der Waals surface area contributed by atoms with Gasteiger partial charge in [-0.2, -0.15) is 0 Å². The maximum atomic E-state index is 13.1. The van der Waals surface area contributed by atoms with Crippen molar-refractivity contribution in [1.82, 2.24) is 0 Å². The van der Waals surface area contributed by atoms with Gasteiger partial charge in [-0.1, -0.05) is 375 Å². The fourth-order valence-electron chi connectivity index (χ4n) is 12.5. The SMILES string of the molecule is CCCCCCCCCCCCCCCCCCCCCCCCC(=O)O[C@H](COC(=O)CCCCCCCCCCCCCC(C)C)COP(=O)(O)OC[C@@H](O)COP(=O)(O)OC[C@@H](COC(=O)CCCCCCCCCCCCC)OC(=O)CCCCCCCCCCCCC(C)C. The highest BCUT2D eigenvalue weighted by atomic mass is 31.2. The molecule has 0 aliphatic carbocycles. The Hall–Kier alpha value is -1.94. The van der Waals surface area contributed by atoms with Crippen molar-refractivity contribution in [3.63, 3.8) is 0 Å². The molecule has 0 amide bonds. The first kappa shape index (κ1) is 98.1. The van der Waals surface area contributed by atoms with E-state index in [0.29, 0.717) is 25.7 Å². The number of phosphoric ester groups is 2. The lowest BCUT2D eigenvalue weighted by Crippen LogP contribution is -2.30. The maximum Gasteiger partial charge on any atom is 0.472 e. The second-order valence-electron chi connectivity index (χ2n) is 30.1. The summed E-state index contributed by atoms with van der Waals surface area (Å²) in [5.74, 6) is -0.587. The van der Waals surface area contributed by atoms with Gasteiger partial charge in [0.25, 0.3) is 0 Å². The third-order valence-corrected chi connectivity index (χ3v) is 20.9. The highest BCUT2D eigenvalue weighted by Crippen LogP contribution is 2.45. The fraction of sp³-hybridized carbons (Fsp3) is 0.951. The van der Waals surface area contributed by atoms with E-state index in [1.165, 1.54) is 244 Å². The molecule has 0 saturated carbocycles. The molecule has 0 heterocycles. The van der Waals surface area contributed by atoms with Crippen LogP contribution in [-0.4, -0.2) is 96.7 Å². The van der Waals surface area contributed by atoms with Crippen LogP contribution in [0.1, 0.15) is 427 Å². The van der Waals surface area contributed by atoms with Crippen LogP contribution in [0.25, 0.3) is 0 Å². The van der Waals surface area contributed by atoms with Crippen LogP contribution >= 0.6 is 15.6 Å². The van der Waals surface area contributed by atoms with Crippen molar-refractivity contribution in [2.24, 2.45) is 11.8 Å². The molecule has 0 bridgehead atoms. The van der Waals surface area contributed by atoms with Crippen LogP contribution in [0.4, 0.5) is 0 Å². The molecule has 0 aromatic heterocycles. The van der Waals surface area contributed by atoms with Crippen molar-refractivity contribution < 1.29 is 80.2 Å². The van der Waals surface area contributed by atoms with Gasteiger partial charge in [0.1, 0.15) is 19.3 Å². The van der Waals surface area contributed by atoms with Gasteiger partial charge < -0.3 is 33.8 Å². The van der Waals surface area contributed by atoms with Crippen LogP contribution in [0, 0.1) is 11.8 Å². The Labute approximate surface area is 613 Å². The molecule has 0 rings (SSSR count). The number of esters is 4. The van der Waals surface area contributed by atoms with E-state index in [0.717, 1.165) is 102 Å². The molecule has 5 atom stereocenters. The number of aliphatic hydroxyl groups excluding tert-OH is 1. The molecule has 0 aliphatic rings. The zero-order valence-electron chi connectivity index (χ0n) is 65.5. The van der Waals surface area contributed by atoms with Gasteiger partial charge in [0, 0.05) is 25.7 Å². The summed E-state index contributed by atoms with van der Waals surface area (Å²) in [6.45, 7) is 9.62. The minimum Gasteiger partial charge on any atom is -0.462 e. The standard InChI is InChI=1S/C81H158O17P2/c1-7-9-11-13-15-17-19-20-21-22-23-24-25-26-27-28-29-33-41-47-53-59-65-80(85)97-76(70-92-79(84)64-58-52-46-40-34-30-32-37-43-49-55-61-73(3)4)71-95-99(87,88)93-67-75(82)68-94-100(89,90)96-72-77(69-91-78(83)63-57-51-45-39-31-18-16-14-12-10-8-2)98-81(86)66-60-54-48-42-36-35-38-44-50-56-62-74(5)6/h73-77,82H,7-72H2,1-6H3,(H,87,88)(H,89,90)/t75-,76-,77-/m1/s1. The molecule has 0 aromatic carbocycles. The normalized spacial score (nSPS) is 13.9. The number of hydrogen-bond acceptors (Lipinski definition) is 15. The molecule has 17 nitrogen and oxygen atoms in total. The van der Waals surface area contributed by atoms with E-state index in [9.17, 15) is 43.2 Å². The summed E-state index contributed by atoms with van der Waals surface area (Å²) in [6.07, 6.45) is 62.5. The number of carbonyl (C=O) groups excluding carboxylic acids is 4. The molecule has 0 aliphatic heterocycles. The van der Waals surface area contributed by atoms with Gasteiger partial charge in [-0.15, -0.1) is 0 Å². The van der Waals surface area contributed by atoms with Crippen LogP contribution in [0.15, 0.2) is 0 Å². The molecule has 0 fully saturated rings. The van der Waals surface area contributed by atoms with E-state index in [1.807, 2.05) is 0 Å². The summed E-state index contributed by atoms with van der Waals surface area (Å²) >= 11 is 0. The number of phosphoric acid groups is 2. The number of unbranched alkanes of at least 4 members (excludes halogenated alkanes) is 50. The Morgan fingerprint density at radius 2 is 0.460 bits per heavy atom. The Morgan fingerprint density at radius 1 is 0.270 bits per heavy atom. The quantitative estimate of drug-likeness (QED) is 0.0222. The average molecular weight is 1470 g/mol. The average Bonchev–Trinajstić information content (AvgIpc) is 0.923. The predicted octanol–water partition coefficient (Wildman–Crippen LogP) is 24.3. The molecule has 3 N–H and O–H groups in total. The van der Waals surface area contributed by atoms with Crippen molar-refractivity contribution in [3.8, 4) is 0 Å². The number of rotatable bonds is 80. The Bertz CT molecular complexity index is 1920. The topological polar surface area (TPSA) is 237 Å². The van der Waals surface area contributed by atoms with Crippen molar-refractivity contribution in [2.45, 2.75) is 445 Å². The largest absolute Gasteiger partial charge is 0.472 e. The number of hydrogen-bond donors (Lipinski definition) is 3. The highest BCUT2D eigenvalue weighted by Gasteiger charge is 2.30. The summed E-state index contributed by atoms with van der Waals surface area (Å²) in [5, 5.41) is 10.6. The van der Waals surface area contributed by atoms with E-state index < -0.39 is 97.5 Å². The van der Waals surface area contributed by atoms with Crippen LogP contribution in [0.3, 0.4) is 0 Å². The van der Waals surface area contributed by atoms with Gasteiger partial charge in [0.05, 0.1) is 26.4 Å². The molecule has 100 heavy (non-hydrogen) atoms. The number of ether oxygens (including phenoxy) is 4. The van der Waals surface area contributed by atoms with E-state index >= 15 is 0 Å². The van der Waals surface area contributed by atoms with E-state index in [-0.39, 0.29) is 25.7 Å². The second kappa shape index (κ2) is 72.6. The molecule has 0 spiro atoms. The third kappa shape index (κ3) is 74.3. The predicted molar refractivity (Wildman–Crippen MR) is 409 cm³/mol. The van der Waals surface area contributed by atoms with Gasteiger partial charge in [-0.05, 0) is 37.5 Å². The van der Waals surface area contributed by atoms with E-state index in [4.69, 9.17) is 37.0 Å². The van der Waals surface area contributed by atoms with Crippen LogP contribution in [0.5, 0.6) is 0 Å². The third-order valence-electron chi connectivity index (χ3n) is 19.0. The monoisotopic (exact) mass is 1470 g/mol. The fourth-order valence-corrected chi connectivity index (χ4v) is 14.1. The highest BCUT2D eigenvalue weighted by molar-refractivity contribution is 7.47. The summed E-state index contributed by atoms with van der Waals surface area (Å²) in [5.41, 5.74) is 0. The van der Waals surface area contributed by atoms with E-state index in [2.05, 4.69) is 41.5 Å². The molecule has 0 aromatic rings. The Kier molecular flexibility index (Phi) is 71.2. The molecule has 19 heteroatoms. The molecular formula is C81H158O17P2. The molecule has 594 valence electrons. The van der Waals surface area contributed by atoms with Gasteiger partial charge in [-0.3, -0.25) is 37.3 Å². The maximum absolute atomic E-state index is 13.1. The molecular weight excluding hydrogens is 1310 g/mol. The van der Waals surface area contributed by atoms with Gasteiger partial charge >= 0.3 is 39.5 Å². The lowest BCUT2D eigenvalue weighted by molar-refractivity contribution is -0.161. The summed E-state index contributed by atoms with van der Waals surface area (Å²) in [7, 11) is -9.92. The Morgan fingerprint density at radius 3 is 0.680 bits per heavy atom. The van der Waals surface area contributed by atoms with Crippen molar-refractivity contribution in [2.75, 3.05) is 39.6 Å². The van der Waals surface area contributed by atoms with Gasteiger partial charge in [-0.25, -0.2) is 9.13 Å². The van der Waals surface area contributed by atoms with Gasteiger partial charge in [0.15, 0.2) is 12.2 Å². The van der Waals surface area contributed by atoms with Crippen LogP contribution < -0.4 is 0 Å². The summed E-state index contributed by atoms with van der Waals surface area (Å²) in [6, 6.07) is 0. The van der Waals surface area contributed by atoms with Crippen molar-refractivity contribution in [1.29, 1.82) is 0 Å². The second-order valence-corrected chi connectivity index (χ2v) is 33.0. The number of aliphatic hydroxyl groups is 1. The lowest BCUT2D eigenvalue weighted by atomic mass is 10.0.